The van der Waals surface area contributed by atoms with Crippen molar-refractivity contribution in [1.29, 1.82) is 0 Å². The highest BCUT2D eigenvalue weighted by Crippen LogP contribution is 2.24. The number of hydrogen-bond acceptors (Lipinski definition) is 3. The fraction of sp³-hybridized carbons (Fsp3) is 0.923. The van der Waals surface area contributed by atoms with Crippen LogP contribution in [-0.2, 0) is 4.79 Å². The lowest BCUT2D eigenvalue weighted by molar-refractivity contribution is -0.130. The number of nitrogens with two attached hydrogens (primary N) is 1. The molecule has 17 heavy (non-hydrogen) atoms. The number of hydrogen-bond donors (Lipinski definition) is 1. The summed E-state index contributed by atoms with van der Waals surface area (Å²) in [5.41, 5.74) is 5.99. The predicted molar refractivity (Wildman–Crippen MR) is 68.6 cm³/mol. The Balaban J connectivity index is 1.80. The molecule has 0 bridgehead atoms. The predicted octanol–water partition coefficient (Wildman–Crippen LogP) is 0.668. The van der Waals surface area contributed by atoms with Gasteiger partial charge in [-0.2, -0.15) is 0 Å². The van der Waals surface area contributed by atoms with Crippen LogP contribution in [0.15, 0.2) is 0 Å². The molecule has 4 heteroatoms. The molecule has 2 saturated heterocycles. The standard InChI is InChI=1S/C13H25N3O/c1-13(2,10-14)5-6-15-7-8-16-11(9-15)3-4-12(16)17/h11H,3-10,14H2,1-2H3. The van der Waals surface area contributed by atoms with Gasteiger partial charge < -0.3 is 10.6 Å². The fourth-order valence-corrected chi connectivity index (χ4v) is 2.69. The Bertz CT molecular complexity index is 290. The van der Waals surface area contributed by atoms with Gasteiger partial charge in [-0.15, -0.1) is 0 Å². The van der Waals surface area contributed by atoms with E-state index < -0.39 is 0 Å². The number of rotatable bonds is 4. The van der Waals surface area contributed by atoms with Crippen molar-refractivity contribution in [2.24, 2.45) is 11.1 Å². The van der Waals surface area contributed by atoms with Crippen LogP contribution < -0.4 is 5.73 Å². The van der Waals surface area contributed by atoms with Crippen LogP contribution in [0.5, 0.6) is 0 Å². The summed E-state index contributed by atoms with van der Waals surface area (Å²) in [6.45, 7) is 9.32. The van der Waals surface area contributed by atoms with Crippen LogP contribution in [0.4, 0.5) is 0 Å². The Morgan fingerprint density at radius 1 is 1.41 bits per heavy atom. The Labute approximate surface area is 104 Å². The van der Waals surface area contributed by atoms with Gasteiger partial charge in [0.2, 0.25) is 5.91 Å². The Morgan fingerprint density at radius 2 is 2.18 bits per heavy atom. The van der Waals surface area contributed by atoms with E-state index in [4.69, 9.17) is 5.73 Å². The molecule has 2 fully saturated rings. The average Bonchev–Trinajstić information content (AvgIpc) is 2.68. The van der Waals surface area contributed by atoms with Crippen molar-refractivity contribution in [3.05, 3.63) is 0 Å². The number of carbonyl (C=O) groups excluding carboxylic acids is 1. The number of fused-ring (bicyclic) bond motifs is 1. The zero-order chi connectivity index (χ0) is 12.5. The molecule has 98 valence electrons. The third-order valence-corrected chi connectivity index (χ3v) is 4.24. The molecule has 0 saturated carbocycles. The minimum atomic E-state index is 0.239. The van der Waals surface area contributed by atoms with E-state index in [9.17, 15) is 4.79 Å². The first-order valence-electron chi connectivity index (χ1n) is 6.74. The maximum atomic E-state index is 11.6. The second kappa shape index (κ2) is 4.94. The lowest BCUT2D eigenvalue weighted by Gasteiger charge is -2.38. The molecule has 0 aromatic heterocycles. The second-order valence-electron chi connectivity index (χ2n) is 6.20. The van der Waals surface area contributed by atoms with Crippen molar-refractivity contribution >= 4 is 5.91 Å². The minimum absolute atomic E-state index is 0.239. The normalized spacial score (nSPS) is 26.4. The van der Waals surface area contributed by atoms with Gasteiger partial charge in [0, 0.05) is 32.1 Å². The van der Waals surface area contributed by atoms with E-state index in [1.54, 1.807) is 0 Å². The lowest BCUT2D eigenvalue weighted by atomic mass is 9.89. The van der Waals surface area contributed by atoms with Gasteiger partial charge in [0.1, 0.15) is 0 Å². The highest BCUT2D eigenvalue weighted by molar-refractivity contribution is 5.78. The molecule has 2 aliphatic heterocycles. The van der Waals surface area contributed by atoms with Crippen molar-refractivity contribution in [1.82, 2.24) is 9.80 Å². The van der Waals surface area contributed by atoms with Gasteiger partial charge >= 0.3 is 0 Å². The van der Waals surface area contributed by atoms with Gasteiger partial charge in [0.05, 0.1) is 0 Å². The quantitative estimate of drug-likeness (QED) is 0.784. The smallest absolute Gasteiger partial charge is 0.222 e. The molecular weight excluding hydrogens is 214 g/mol. The maximum Gasteiger partial charge on any atom is 0.222 e. The van der Waals surface area contributed by atoms with E-state index in [0.29, 0.717) is 11.9 Å². The first-order chi connectivity index (χ1) is 8.02. The fourth-order valence-electron chi connectivity index (χ4n) is 2.69. The van der Waals surface area contributed by atoms with E-state index in [0.717, 1.165) is 52.0 Å². The van der Waals surface area contributed by atoms with Gasteiger partial charge in [-0.3, -0.25) is 9.69 Å². The number of piperazine rings is 1. The average molecular weight is 239 g/mol. The third kappa shape index (κ3) is 2.99. The van der Waals surface area contributed by atoms with Gasteiger partial charge in [-0.25, -0.2) is 0 Å². The van der Waals surface area contributed by atoms with Crippen molar-refractivity contribution in [3.8, 4) is 0 Å². The number of nitrogens with zero attached hydrogens (tertiary/aromatic N) is 2. The van der Waals surface area contributed by atoms with Crippen LogP contribution >= 0.6 is 0 Å². The minimum Gasteiger partial charge on any atom is -0.337 e. The van der Waals surface area contributed by atoms with E-state index in [1.165, 1.54) is 0 Å². The van der Waals surface area contributed by atoms with Crippen molar-refractivity contribution in [2.45, 2.75) is 39.2 Å². The summed E-state index contributed by atoms with van der Waals surface area (Å²) < 4.78 is 0. The summed E-state index contributed by atoms with van der Waals surface area (Å²) in [4.78, 5) is 16.1. The SMILES string of the molecule is CC(C)(CN)CCN1CCN2C(=O)CCC2C1. The monoisotopic (exact) mass is 239 g/mol. The molecule has 0 aromatic rings. The molecule has 2 rings (SSSR count). The highest BCUT2D eigenvalue weighted by Gasteiger charge is 2.35. The summed E-state index contributed by atoms with van der Waals surface area (Å²) in [7, 11) is 0. The Kier molecular flexibility index (Phi) is 3.73. The van der Waals surface area contributed by atoms with Crippen LogP contribution in [0.25, 0.3) is 0 Å². The summed E-state index contributed by atoms with van der Waals surface area (Å²) in [5, 5.41) is 0. The summed E-state index contributed by atoms with van der Waals surface area (Å²) in [6.07, 6.45) is 2.95. The number of amides is 1. The summed E-state index contributed by atoms with van der Waals surface area (Å²) in [5.74, 6) is 0.358. The maximum absolute atomic E-state index is 11.6. The third-order valence-electron chi connectivity index (χ3n) is 4.24. The zero-order valence-electron chi connectivity index (χ0n) is 11.1. The molecule has 2 N–H and O–H groups in total. The summed E-state index contributed by atoms with van der Waals surface area (Å²) >= 11 is 0. The molecular formula is C13H25N3O. The lowest BCUT2D eigenvalue weighted by Crippen LogP contribution is -2.52. The van der Waals surface area contributed by atoms with E-state index in [2.05, 4.69) is 23.6 Å². The molecule has 1 unspecified atom stereocenters. The Morgan fingerprint density at radius 3 is 2.88 bits per heavy atom. The van der Waals surface area contributed by atoms with Gasteiger partial charge in [-0.05, 0) is 31.3 Å². The molecule has 0 aliphatic carbocycles. The topological polar surface area (TPSA) is 49.6 Å². The number of carbonyl (C=O) groups is 1. The van der Waals surface area contributed by atoms with Crippen LogP contribution in [0.2, 0.25) is 0 Å². The van der Waals surface area contributed by atoms with E-state index >= 15 is 0 Å². The van der Waals surface area contributed by atoms with Crippen LogP contribution in [0, 0.1) is 5.41 Å². The first-order valence-corrected chi connectivity index (χ1v) is 6.74. The van der Waals surface area contributed by atoms with Crippen LogP contribution in [0.1, 0.15) is 33.1 Å². The molecule has 2 heterocycles. The molecule has 4 nitrogen and oxygen atoms in total. The van der Waals surface area contributed by atoms with E-state index in [1.807, 2.05) is 0 Å². The van der Waals surface area contributed by atoms with Crippen molar-refractivity contribution in [3.63, 3.8) is 0 Å². The molecule has 0 spiro atoms. The first kappa shape index (κ1) is 12.8. The molecule has 0 radical (unpaired) electrons. The van der Waals surface area contributed by atoms with Crippen molar-refractivity contribution < 1.29 is 4.79 Å². The van der Waals surface area contributed by atoms with Crippen LogP contribution in [-0.4, -0.2) is 54.5 Å². The molecule has 1 amide bonds. The van der Waals surface area contributed by atoms with Crippen LogP contribution in [0.3, 0.4) is 0 Å². The largest absolute Gasteiger partial charge is 0.337 e. The van der Waals surface area contributed by atoms with Gasteiger partial charge in [0.15, 0.2) is 0 Å². The van der Waals surface area contributed by atoms with Gasteiger partial charge in [0.25, 0.3) is 0 Å². The van der Waals surface area contributed by atoms with E-state index in [-0.39, 0.29) is 5.41 Å². The Hall–Kier alpha value is -0.610. The summed E-state index contributed by atoms with van der Waals surface area (Å²) in [6, 6.07) is 0.484. The zero-order valence-corrected chi connectivity index (χ0v) is 11.1. The molecule has 1 atom stereocenters. The highest BCUT2D eigenvalue weighted by atomic mass is 16.2. The van der Waals surface area contributed by atoms with Gasteiger partial charge in [-0.1, -0.05) is 13.8 Å². The second-order valence-corrected chi connectivity index (χ2v) is 6.20. The molecule has 0 aromatic carbocycles. The molecule has 2 aliphatic rings. The van der Waals surface area contributed by atoms with Crippen molar-refractivity contribution in [2.75, 3.05) is 32.7 Å².